The highest BCUT2D eigenvalue weighted by Gasteiger charge is 2.41. The van der Waals surface area contributed by atoms with E-state index in [1.807, 2.05) is 0 Å². The van der Waals surface area contributed by atoms with Gasteiger partial charge < -0.3 is 0 Å². The maximum Gasteiger partial charge on any atom is 0.250 e. The zero-order chi connectivity index (χ0) is 12.7. The number of hydrogen-bond donors (Lipinski definition) is 1. The van der Waals surface area contributed by atoms with Gasteiger partial charge in [0.2, 0.25) is 0 Å². The summed E-state index contributed by atoms with van der Waals surface area (Å²) < 4.78 is 49.4. The fourth-order valence-corrected chi connectivity index (χ4v) is 6.49. The standard InChI is InChI=1S/C9H13NO4S3/c1-9(4-6-16(11,12)7-9)10-17(13,14)8-3-2-5-15-8/h2-3,5,10H,4,6-7H2,1H3. The van der Waals surface area contributed by atoms with Gasteiger partial charge in [-0.05, 0) is 24.8 Å². The van der Waals surface area contributed by atoms with Gasteiger partial charge in [0.15, 0.2) is 9.84 Å². The van der Waals surface area contributed by atoms with Crippen LogP contribution in [0.5, 0.6) is 0 Å². The second-order valence-corrected chi connectivity index (χ2v) is 9.48. The predicted molar refractivity (Wildman–Crippen MR) is 66.3 cm³/mol. The van der Waals surface area contributed by atoms with Gasteiger partial charge >= 0.3 is 0 Å². The summed E-state index contributed by atoms with van der Waals surface area (Å²) in [6, 6.07) is 3.15. The molecule has 96 valence electrons. The summed E-state index contributed by atoms with van der Waals surface area (Å²) in [7, 11) is -6.72. The summed E-state index contributed by atoms with van der Waals surface area (Å²) in [4.78, 5) is 0. The van der Waals surface area contributed by atoms with Gasteiger partial charge in [0, 0.05) is 5.54 Å². The summed E-state index contributed by atoms with van der Waals surface area (Å²) in [6.45, 7) is 1.63. The Balaban J connectivity index is 2.23. The van der Waals surface area contributed by atoms with Gasteiger partial charge in [-0.25, -0.2) is 21.6 Å². The van der Waals surface area contributed by atoms with Crippen molar-refractivity contribution in [3.8, 4) is 0 Å². The van der Waals surface area contributed by atoms with E-state index in [9.17, 15) is 16.8 Å². The van der Waals surface area contributed by atoms with Gasteiger partial charge in [-0.2, -0.15) is 0 Å². The van der Waals surface area contributed by atoms with Crippen molar-refractivity contribution in [2.75, 3.05) is 11.5 Å². The minimum absolute atomic E-state index is 0.0382. The second-order valence-electron chi connectivity index (χ2n) is 4.44. The summed E-state index contributed by atoms with van der Waals surface area (Å²) >= 11 is 1.11. The lowest BCUT2D eigenvalue weighted by Gasteiger charge is -2.22. The van der Waals surface area contributed by atoms with Crippen LogP contribution in [-0.2, 0) is 19.9 Å². The third-order valence-corrected chi connectivity index (χ3v) is 7.58. The Morgan fingerprint density at radius 3 is 2.65 bits per heavy atom. The van der Waals surface area contributed by atoms with Crippen molar-refractivity contribution in [2.24, 2.45) is 0 Å². The smallest absolute Gasteiger partial charge is 0.229 e. The third-order valence-electron chi connectivity index (χ3n) is 2.64. The van der Waals surface area contributed by atoms with Crippen molar-refractivity contribution in [1.82, 2.24) is 4.72 Å². The Hall–Kier alpha value is -0.440. The Labute approximate surface area is 105 Å². The lowest BCUT2D eigenvalue weighted by molar-refractivity contribution is 0.462. The SMILES string of the molecule is CC1(NS(=O)(=O)c2cccs2)CCS(=O)(=O)C1. The molecule has 0 aliphatic carbocycles. The highest BCUT2D eigenvalue weighted by molar-refractivity contribution is 7.92. The molecule has 0 spiro atoms. The van der Waals surface area contributed by atoms with Gasteiger partial charge in [-0.1, -0.05) is 6.07 Å². The first-order chi connectivity index (χ1) is 7.73. The second kappa shape index (κ2) is 4.04. The average Bonchev–Trinajstić information content (AvgIpc) is 2.72. The Bertz CT molecular complexity index is 603. The molecule has 1 aromatic heterocycles. The molecule has 1 N–H and O–H groups in total. The molecule has 0 bridgehead atoms. The number of hydrogen-bond acceptors (Lipinski definition) is 5. The number of sulfone groups is 1. The van der Waals surface area contributed by atoms with Gasteiger partial charge in [0.1, 0.15) is 4.21 Å². The number of rotatable bonds is 3. The van der Waals surface area contributed by atoms with Crippen LogP contribution >= 0.6 is 11.3 Å². The lowest BCUT2D eigenvalue weighted by Crippen LogP contribution is -2.46. The van der Waals surface area contributed by atoms with Crippen molar-refractivity contribution in [1.29, 1.82) is 0 Å². The topological polar surface area (TPSA) is 80.3 Å². The van der Waals surface area contributed by atoms with Crippen molar-refractivity contribution < 1.29 is 16.8 Å². The van der Waals surface area contributed by atoms with Crippen LogP contribution in [0.2, 0.25) is 0 Å². The number of nitrogens with one attached hydrogen (secondary N) is 1. The molecule has 1 unspecified atom stereocenters. The van der Waals surface area contributed by atoms with Crippen molar-refractivity contribution in [2.45, 2.75) is 23.1 Å². The van der Waals surface area contributed by atoms with Crippen LogP contribution in [0.4, 0.5) is 0 Å². The Morgan fingerprint density at radius 1 is 1.47 bits per heavy atom. The summed E-state index contributed by atoms with van der Waals surface area (Å²) in [6.07, 6.45) is 0.319. The molecule has 1 atom stereocenters. The fraction of sp³-hybridized carbons (Fsp3) is 0.556. The number of sulfonamides is 1. The first kappa shape index (κ1) is 13.0. The molecular weight excluding hydrogens is 282 g/mol. The van der Waals surface area contributed by atoms with Crippen LogP contribution < -0.4 is 4.72 Å². The van der Waals surface area contributed by atoms with Crippen LogP contribution in [0.15, 0.2) is 21.7 Å². The minimum atomic E-state index is -3.60. The third kappa shape index (κ3) is 2.87. The van der Waals surface area contributed by atoms with Crippen LogP contribution in [-0.4, -0.2) is 33.9 Å². The molecule has 0 amide bonds. The molecule has 1 fully saturated rings. The van der Waals surface area contributed by atoms with Crippen LogP contribution in [0.3, 0.4) is 0 Å². The van der Waals surface area contributed by atoms with Gasteiger partial charge in [0.05, 0.1) is 11.5 Å². The van der Waals surface area contributed by atoms with Gasteiger partial charge in [-0.15, -0.1) is 11.3 Å². The average molecular weight is 295 g/mol. The van der Waals surface area contributed by atoms with E-state index in [1.54, 1.807) is 18.4 Å². The van der Waals surface area contributed by atoms with Crippen LogP contribution in [0.1, 0.15) is 13.3 Å². The maximum absolute atomic E-state index is 12.0. The molecule has 2 heterocycles. The first-order valence-electron chi connectivity index (χ1n) is 5.00. The van der Waals surface area contributed by atoms with E-state index in [0.717, 1.165) is 11.3 Å². The zero-order valence-electron chi connectivity index (χ0n) is 9.21. The molecule has 1 aliphatic rings. The molecule has 1 saturated heterocycles. The maximum atomic E-state index is 12.0. The largest absolute Gasteiger partial charge is 0.250 e. The molecular formula is C9H13NO4S3. The molecule has 1 aliphatic heterocycles. The molecule has 0 aromatic carbocycles. The fourth-order valence-electron chi connectivity index (χ4n) is 1.88. The Kier molecular flexibility index (Phi) is 3.09. The lowest BCUT2D eigenvalue weighted by atomic mass is 10.0. The monoisotopic (exact) mass is 295 g/mol. The van der Waals surface area contributed by atoms with E-state index < -0.39 is 25.4 Å². The molecule has 5 nitrogen and oxygen atoms in total. The van der Waals surface area contributed by atoms with E-state index in [0.29, 0.717) is 6.42 Å². The molecule has 17 heavy (non-hydrogen) atoms. The summed E-state index contributed by atoms with van der Waals surface area (Å²) in [5, 5.41) is 1.67. The highest BCUT2D eigenvalue weighted by Crippen LogP contribution is 2.26. The van der Waals surface area contributed by atoms with E-state index >= 15 is 0 Å². The van der Waals surface area contributed by atoms with Crippen molar-refractivity contribution >= 4 is 31.2 Å². The minimum Gasteiger partial charge on any atom is -0.229 e. The van der Waals surface area contributed by atoms with Crippen LogP contribution in [0.25, 0.3) is 0 Å². The molecule has 0 saturated carbocycles. The van der Waals surface area contributed by atoms with Gasteiger partial charge in [0.25, 0.3) is 10.0 Å². The van der Waals surface area contributed by atoms with E-state index in [4.69, 9.17) is 0 Å². The highest BCUT2D eigenvalue weighted by atomic mass is 32.2. The quantitative estimate of drug-likeness (QED) is 0.885. The normalized spacial score (nSPS) is 28.3. The van der Waals surface area contributed by atoms with E-state index in [1.165, 1.54) is 6.07 Å². The Morgan fingerprint density at radius 2 is 2.18 bits per heavy atom. The zero-order valence-corrected chi connectivity index (χ0v) is 11.7. The first-order valence-corrected chi connectivity index (χ1v) is 9.19. The molecule has 0 radical (unpaired) electrons. The van der Waals surface area contributed by atoms with E-state index in [2.05, 4.69) is 4.72 Å². The van der Waals surface area contributed by atoms with Crippen molar-refractivity contribution in [3.05, 3.63) is 17.5 Å². The van der Waals surface area contributed by atoms with Gasteiger partial charge in [-0.3, -0.25) is 0 Å². The van der Waals surface area contributed by atoms with Crippen molar-refractivity contribution in [3.63, 3.8) is 0 Å². The molecule has 2 rings (SSSR count). The summed E-state index contributed by atoms with van der Waals surface area (Å²) in [5.41, 5.74) is -0.887. The predicted octanol–water partition coefficient (Wildman–Crippen LogP) is 0.604. The van der Waals surface area contributed by atoms with E-state index in [-0.39, 0.29) is 15.7 Å². The van der Waals surface area contributed by atoms with Crippen LogP contribution in [0, 0.1) is 0 Å². The molecule has 1 aromatic rings. The summed E-state index contributed by atoms with van der Waals surface area (Å²) in [5.74, 6) is -0.0962. The number of thiophene rings is 1. The molecule has 8 heteroatoms.